The molecule has 0 amide bonds. The van der Waals surface area contributed by atoms with Crippen LogP contribution in [-0.2, 0) is 4.74 Å². The van der Waals surface area contributed by atoms with Crippen LogP contribution in [0.5, 0.6) is 0 Å². The molecule has 1 N–H and O–H groups in total. The van der Waals surface area contributed by atoms with E-state index in [0.29, 0.717) is 6.04 Å². The van der Waals surface area contributed by atoms with E-state index in [1.54, 1.807) is 11.3 Å². The van der Waals surface area contributed by atoms with Gasteiger partial charge in [0.05, 0.1) is 22.7 Å². The topological polar surface area (TPSA) is 21.3 Å². The fourth-order valence-corrected chi connectivity index (χ4v) is 3.22. The average Bonchev–Trinajstić information content (AvgIpc) is 2.78. The van der Waals surface area contributed by atoms with Gasteiger partial charge in [-0.1, -0.05) is 6.92 Å². The van der Waals surface area contributed by atoms with Gasteiger partial charge in [0.15, 0.2) is 0 Å². The number of hydrogen-bond donors (Lipinski definition) is 1. The second-order valence-corrected chi connectivity index (χ2v) is 6.53. The summed E-state index contributed by atoms with van der Waals surface area (Å²) in [5, 5.41) is 5.82. The van der Waals surface area contributed by atoms with Crippen molar-refractivity contribution in [1.29, 1.82) is 0 Å². The molecule has 0 saturated heterocycles. The van der Waals surface area contributed by atoms with Crippen LogP contribution in [0.4, 0.5) is 0 Å². The molecule has 2 rings (SSSR count). The molecule has 17 heavy (non-hydrogen) atoms. The number of ether oxygens (including phenoxy) is 1. The first-order valence-electron chi connectivity index (χ1n) is 6.09. The van der Waals surface area contributed by atoms with Crippen LogP contribution in [0, 0.1) is 0 Å². The van der Waals surface area contributed by atoms with Gasteiger partial charge in [-0.15, -0.1) is 11.3 Å². The predicted octanol–water partition coefficient (Wildman–Crippen LogP) is 4.25. The number of hydrogen-bond acceptors (Lipinski definition) is 3. The van der Waals surface area contributed by atoms with Gasteiger partial charge in [-0.05, 0) is 64.3 Å². The standard InChI is InChI=1S/C13H18BrNOS/c1-2-5-15-13(10-4-3-6-16-8-10)11-7-12(14)17-9-11/h7-9,13,15H,2-6H2,1H3. The highest BCUT2D eigenvalue weighted by Gasteiger charge is 2.19. The van der Waals surface area contributed by atoms with E-state index >= 15 is 0 Å². The Balaban J connectivity index is 2.15. The van der Waals surface area contributed by atoms with Gasteiger partial charge in [0.1, 0.15) is 0 Å². The highest BCUT2D eigenvalue weighted by atomic mass is 79.9. The molecule has 1 aromatic rings. The summed E-state index contributed by atoms with van der Waals surface area (Å²) in [5.74, 6) is 0. The van der Waals surface area contributed by atoms with Crippen LogP contribution in [0.1, 0.15) is 37.8 Å². The van der Waals surface area contributed by atoms with E-state index < -0.39 is 0 Å². The zero-order valence-electron chi connectivity index (χ0n) is 10.0. The Labute approximate surface area is 115 Å². The lowest BCUT2D eigenvalue weighted by atomic mass is 9.97. The summed E-state index contributed by atoms with van der Waals surface area (Å²) in [6.07, 6.45) is 5.36. The molecule has 94 valence electrons. The third-order valence-electron chi connectivity index (χ3n) is 2.85. The number of nitrogens with one attached hydrogen (secondary N) is 1. The van der Waals surface area contributed by atoms with E-state index in [4.69, 9.17) is 4.74 Å². The second-order valence-electron chi connectivity index (χ2n) is 4.24. The fraction of sp³-hybridized carbons (Fsp3) is 0.538. The lowest BCUT2D eigenvalue weighted by molar-refractivity contribution is 0.219. The molecule has 1 aliphatic rings. The van der Waals surface area contributed by atoms with Gasteiger partial charge >= 0.3 is 0 Å². The minimum absolute atomic E-state index is 0.317. The zero-order chi connectivity index (χ0) is 12.1. The maximum atomic E-state index is 5.46. The normalized spacial score (nSPS) is 17.4. The molecular weight excluding hydrogens is 298 g/mol. The molecule has 0 fully saturated rings. The summed E-state index contributed by atoms with van der Waals surface area (Å²) >= 11 is 5.27. The van der Waals surface area contributed by atoms with Crippen molar-refractivity contribution in [1.82, 2.24) is 5.32 Å². The van der Waals surface area contributed by atoms with Crippen molar-refractivity contribution in [2.45, 2.75) is 32.2 Å². The van der Waals surface area contributed by atoms with Gasteiger partial charge < -0.3 is 10.1 Å². The van der Waals surface area contributed by atoms with E-state index in [1.165, 1.54) is 14.9 Å². The molecule has 0 aliphatic carbocycles. The third-order valence-corrected chi connectivity index (χ3v) is 4.38. The van der Waals surface area contributed by atoms with Crippen LogP contribution in [0.25, 0.3) is 0 Å². The Morgan fingerprint density at radius 2 is 2.47 bits per heavy atom. The summed E-state index contributed by atoms with van der Waals surface area (Å²) < 4.78 is 6.65. The molecule has 1 unspecified atom stereocenters. The van der Waals surface area contributed by atoms with E-state index in [2.05, 4.69) is 39.6 Å². The van der Waals surface area contributed by atoms with E-state index in [-0.39, 0.29) is 0 Å². The monoisotopic (exact) mass is 315 g/mol. The minimum atomic E-state index is 0.317. The molecule has 0 radical (unpaired) electrons. The first-order chi connectivity index (χ1) is 8.31. The number of rotatable bonds is 5. The Hall–Kier alpha value is -0.320. The summed E-state index contributed by atoms with van der Waals surface area (Å²) in [6, 6.07) is 2.52. The van der Waals surface area contributed by atoms with Gasteiger partial charge in [0, 0.05) is 0 Å². The molecule has 0 bridgehead atoms. The highest BCUT2D eigenvalue weighted by Crippen LogP contribution is 2.32. The molecule has 2 heterocycles. The molecule has 0 aromatic carbocycles. The quantitative estimate of drug-likeness (QED) is 0.877. The van der Waals surface area contributed by atoms with Crippen LogP contribution in [0.15, 0.2) is 27.1 Å². The fourth-order valence-electron chi connectivity index (χ4n) is 2.02. The largest absolute Gasteiger partial charge is 0.501 e. The molecular formula is C13H18BrNOS. The zero-order valence-corrected chi connectivity index (χ0v) is 12.4. The maximum Gasteiger partial charge on any atom is 0.0876 e. The minimum Gasteiger partial charge on any atom is -0.501 e. The van der Waals surface area contributed by atoms with E-state index in [1.807, 2.05) is 6.26 Å². The van der Waals surface area contributed by atoms with Crippen molar-refractivity contribution in [2.24, 2.45) is 0 Å². The van der Waals surface area contributed by atoms with Crippen molar-refractivity contribution in [2.75, 3.05) is 13.2 Å². The van der Waals surface area contributed by atoms with Crippen LogP contribution in [-0.4, -0.2) is 13.2 Å². The first kappa shape index (κ1) is 13.1. The van der Waals surface area contributed by atoms with Crippen molar-refractivity contribution >= 4 is 27.3 Å². The molecule has 1 aromatic heterocycles. The first-order valence-corrected chi connectivity index (χ1v) is 7.76. The van der Waals surface area contributed by atoms with Gasteiger partial charge in [-0.25, -0.2) is 0 Å². The summed E-state index contributed by atoms with van der Waals surface area (Å²) in [7, 11) is 0. The van der Waals surface area contributed by atoms with Gasteiger partial charge in [-0.2, -0.15) is 0 Å². The van der Waals surface area contributed by atoms with E-state index in [0.717, 1.165) is 32.4 Å². The van der Waals surface area contributed by atoms with Crippen LogP contribution in [0.3, 0.4) is 0 Å². The van der Waals surface area contributed by atoms with Crippen LogP contribution < -0.4 is 5.32 Å². The van der Waals surface area contributed by atoms with Crippen molar-refractivity contribution in [3.05, 3.63) is 32.6 Å². The second kappa shape index (κ2) is 6.57. The summed E-state index contributed by atoms with van der Waals surface area (Å²) in [5.41, 5.74) is 2.71. The predicted molar refractivity (Wildman–Crippen MR) is 76.3 cm³/mol. The molecule has 0 spiro atoms. The van der Waals surface area contributed by atoms with Gasteiger partial charge in [0.25, 0.3) is 0 Å². The molecule has 2 nitrogen and oxygen atoms in total. The number of halogens is 1. The van der Waals surface area contributed by atoms with Crippen LogP contribution in [0.2, 0.25) is 0 Å². The smallest absolute Gasteiger partial charge is 0.0876 e. The van der Waals surface area contributed by atoms with Crippen molar-refractivity contribution in [3.63, 3.8) is 0 Å². The van der Waals surface area contributed by atoms with Crippen LogP contribution >= 0.6 is 27.3 Å². The number of thiophene rings is 1. The molecule has 0 saturated carbocycles. The van der Waals surface area contributed by atoms with Gasteiger partial charge in [0.2, 0.25) is 0 Å². The maximum absolute atomic E-state index is 5.46. The van der Waals surface area contributed by atoms with E-state index in [9.17, 15) is 0 Å². The summed E-state index contributed by atoms with van der Waals surface area (Å²) in [4.78, 5) is 0. The Morgan fingerprint density at radius 3 is 3.06 bits per heavy atom. The molecule has 4 heteroatoms. The lowest BCUT2D eigenvalue weighted by Crippen LogP contribution is -2.24. The Bertz CT molecular complexity index is 389. The lowest BCUT2D eigenvalue weighted by Gasteiger charge is -2.23. The SMILES string of the molecule is CCCNC(C1=COCCC1)c1csc(Br)c1. The van der Waals surface area contributed by atoms with Crippen molar-refractivity contribution in [3.8, 4) is 0 Å². The molecule has 1 aliphatic heterocycles. The highest BCUT2D eigenvalue weighted by molar-refractivity contribution is 9.11. The Morgan fingerprint density at radius 1 is 1.59 bits per heavy atom. The van der Waals surface area contributed by atoms with Gasteiger partial charge in [-0.3, -0.25) is 0 Å². The third kappa shape index (κ3) is 3.57. The van der Waals surface area contributed by atoms with Crippen molar-refractivity contribution < 1.29 is 4.74 Å². The average molecular weight is 316 g/mol. The molecule has 1 atom stereocenters. The summed E-state index contributed by atoms with van der Waals surface area (Å²) in [6.45, 7) is 4.09. The Kier molecular flexibility index (Phi) is 5.07.